The van der Waals surface area contributed by atoms with Gasteiger partial charge in [-0.1, -0.05) is 30.3 Å². The number of aliphatic hydroxyl groups excluding tert-OH is 1. The quantitative estimate of drug-likeness (QED) is 0.639. The first-order valence-electron chi connectivity index (χ1n) is 10.8. The minimum Gasteiger partial charge on any atom is -0.376 e. The van der Waals surface area contributed by atoms with E-state index in [1.165, 1.54) is 31.5 Å². The molecular formula is C22H38N4O2. The smallest absolute Gasteiger partial charge is 0.131 e. The standard InChI is InChI=1S/C22H38N4O2/c1-23-10-8-21(9-11-23)25-12-14-26(15-13-25)22(27)19-28-17-16-24(2)18-20-6-4-3-5-7-20/h3-7,21-22,27H,8-19H2,1-2H3. The molecule has 1 unspecified atom stereocenters. The van der Waals surface area contributed by atoms with Gasteiger partial charge >= 0.3 is 0 Å². The zero-order valence-electron chi connectivity index (χ0n) is 17.7. The van der Waals surface area contributed by atoms with Crippen molar-refractivity contribution < 1.29 is 9.84 Å². The lowest BCUT2D eigenvalue weighted by molar-refractivity contribution is -0.0809. The molecule has 28 heavy (non-hydrogen) atoms. The minimum absolute atomic E-state index is 0.396. The summed E-state index contributed by atoms with van der Waals surface area (Å²) in [6, 6.07) is 11.2. The molecule has 1 aromatic carbocycles. The van der Waals surface area contributed by atoms with Gasteiger partial charge in [0.2, 0.25) is 0 Å². The van der Waals surface area contributed by atoms with E-state index in [1.807, 2.05) is 6.07 Å². The largest absolute Gasteiger partial charge is 0.376 e. The van der Waals surface area contributed by atoms with Crippen LogP contribution >= 0.6 is 0 Å². The fourth-order valence-corrected chi connectivity index (χ4v) is 4.25. The molecule has 0 aliphatic carbocycles. The summed E-state index contributed by atoms with van der Waals surface area (Å²) in [6.45, 7) is 9.24. The number of nitrogens with zero attached hydrogens (tertiary/aromatic N) is 4. The Bertz CT molecular complexity index is 543. The van der Waals surface area contributed by atoms with Crippen molar-refractivity contribution in [2.75, 3.05) is 73.1 Å². The van der Waals surface area contributed by atoms with Gasteiger partial charge in [-0.3, -0.25) is 14.7 Å². The molecule has 2 heterocycles. The molecule has 2 fully saturated rings. The Morgan fingerprint density at radius 2 is 1.75 bits per heavy atom. The van der Waals surface area contributed by atoms with Crippen LogP contribution in [0.5, 0.6) is 0 Å². The molecule has 0 bridgehead atoms. The second-order valence-electron chi connectivity index (χ2n) is 8.39. The van der Waals surface area contributed by atoms with Gasteiger partial charge in [-0.25, -0.2) is 0 Å². The van der Waals surface area contributed by atoms with Crippen molar-refractivity contribution in [2.45, 2.75) is 31.7 Å². The van der Waals surface area contributed by atoms with Gasteiger partial charge in [0.15, 0.2) is 0 Å². The Morgan fingerprint density at radius 1 is 1.07 bits per heavy atom. The third-order valence-corrected chi connectivity index (χ3v) is 6.15. The minimum atomic E-state index is -0.487. The average molecular weight is 391 g/mol. The molecule has 2 aliphatic heterocycles. The van der Waals surface area contributed by atoms with E-state index < -0.39 is 6.23 Å². The van der Waals surface area contributed by atoms with E-state index in [4.69, 9.17) is 4.74 Å². The Labute approximate surface area is 170 Å². The summed E-state index contributed by atoms with van der Waals surface area (Å²) >= 11 is 0. The summed E-state index contributed by atoms with van der Waals surface area (Å²) in [6.07, 6.45) is 2.07. The van der Waals surface area contributed by atoms with Crippen LogP contribution in [0.25, 0.3) is 0 Å². The first-order chi connectivity index (χ1) is 13.6. The van der Waals surface area contributed by atoms with Crippen LogP contribution in [-0.4, -0.2) is 110 Å². The summed E-state index contributed by atoms with van der Waals surface area (Å²) in [7, 11) is 4.32. The Balaban J connectivity index is 1.27. The summed E-state index contributed by atoms with van der Waals surface area (Å²) in [5, 5.41) is 10.5. The van der Waals surface area contributed by atoms with Gasteiger partial charge in [-0.15, -0.1) is 0 Å². The van der Waals surface area contributed by atoms with Crippen molar-refractivity contribution >= 4 is 0 Å². The van der Waals surface area contributed by atoms with E-state index in [9.17, 15) is 5.11 Å². The predicted molar refractivity (Wildman–Crippen MR) is 113 cm³/mol. The van der Waals surface area contributed by atoms with Crippen molar-refractivity contribution in [1.29, 1.82) is 0 Å². The molecule has 0 aromatic heterocycles. The highest BCUT2D eigenvalue weighted by atomic mass is 16.5. The van der Waals surface area contributed by atoms with Crippen molar-refractivity contribution in [2.24, 2.45) is 0 Å². The van der Waals surface area contributed by atoms with Crippen molar-refractivity contribution in [3.8, 4) is 0 Å². The maximum Gasteiger partial charge on any atom is 0.131 e. The molecule has 2 saturated heterocycles. The molecule has 0 saturated carbocycles. The maximum atomic E-state index is 10.5. The lowest BCUT2D eigenvalue weighted by Gasteiger charge is -2.43. The van der Waals surface area contributed by atoms with Crippen LogP contribution in [0, 0.1) is 0 Å². The van der Waals surface area contributed by atoms with Gasteiger partial charge in [0.25, 0.3) is 0 Å². The molecule has 3 rings (SSSR count). The van der Waals surface area contributed by atoms with E-state index >= 15 is 0 Å². The van der Waals surface area contributed by atoms with Gasteiger partial charge in [0.05, 0.1) is 13.2 Å². The van der Waals surface area contributed by atoms with Crippen LogP contribution in [0.3, 0.4) is 0 Å². The molecule has 1 atom stereocenters. The van der Waals surface area contributed by atoms with Crippen molar-refractivity contribution in [1.82, 2.24) is 19.6 Å². The maximum absolute atomic E-state index is 10.5. The molecule has 6 heteroatoms. The highest BCUT2D eigenvalue weighted by Gasteiger charge is 2.28. The highest BCUT2D eigenvalue weighted by molar-refractivity contribution is 5.14. The Kier molecular flexibility index (Phi) is 8.70. The molecule has 0 spiro atoms. The number of hydrogen-bond donors (Lipinski definition) is 1. The van der Waals surface area contributed by atoms with Crippen LogP contribution in [0.2, 0.25) is 0 Å². The molecule has 1 aromatic rings. The second kappa shape index (κ2) is 11.2. The van der Waals surface area contributed by atoms with Crippen LogP contribution < -0.4 is 0 Å². The Hall–Kier alpha value is -1.02. The molecule has 0 amide bonds. The van der Waals surface area contributed by atoms with Gasteiger partial charge in [0, 0.05) is 45.3 Å². The molecule has 158 valence electrons. The van der Waals surface area contributed by atoms with Crippen molar-refractivity contribution in [3.63, 3.8) is 0 Å². The first kappa shape index (κ1) is 21.7. The number of piperidine rings is 1. The van der Waals surface area contributed by atoms with Crippen molar-refractivity contribution in [3.05, 3.63) is 35.9 Å². The first-order valence-corrected chi connectivity index (χ1v) is 10.8. The third kappa shape index (κ3) is 6.79. The van der Waals surface area contributed by atoms with E-state index in [1.54, 1.807) is 0 Å². The monoisotopic (exact) mass is 390 g/mol. The summed E-state index contributed by atoms with van der Waals surface area (Å²) in [5.41, 5.74) is 1.31. The predicted octanol–water partition coefficient (Wildman–Crippen LogP) is 1.17. The fraction of sp³-hybridized carbons (Fsp3) is 0.727. The van der Waals surface area contributed by atoms with Gasteiger partial charge < -0.3 is 14.7 Å². The lowest BCUT2D eigenvalue weighted by Crippen LogP contribution is -2.55. The zero-order valence-corrected chi connectivity index (χ0v) is 17.7. The number of likely N-dealkylation sites (N-methyl/N-ethyl adjacent to an activating group) is 1. The topological polar surface area (TPSA) is 42.4 Å². The van der Waals surface area contributed by atoms with Crippen LogP contribution in [0.4, 0.5) is 0 Å². The number of rotatable bonds is 9. The molecular weight excluding hydrogens is 352 g/mol. The number of ether oxygens (including phenoxy) is 1. The van der Waals surface area contributed by atoms with Crippen LogP contribution in [0.1, 0.15) is 18.4 Å². The summed E-state index contributed by atoms with van der Waals surface area (Å²) in [4.78, 5) is 9.46. The number of piperazine rings is 1. The lowest BCUT2D eigenvalue weighted by atomic mass is 10.0. The number of aliphatic hydroxyl groups is 1. The van der Waals surface area contributed by atoms with Gasteiger partial charge in [-0.2, -0.15) is 0 Å². The zero-order chi connectivity index (χ0) is 19.8. The SMILES string of the molecule is CN1CCC(N2CCN(C(O)COCCN(C)Cc3ccccc3)CC2)CC1. The van der Waals surface area contributed by atoms with Gasteiger partial charge in [0.1, 0.15) is 6.23 Å². The van der Waals surface area contributed by atoms with E-state index in [0.717, 1.165) is 45.3 Å². The number of benzene rings is 1. The number of hydrogen-bond acceptors (Lipinski definition) is 6. The summed E-state index contributed by atoms with van der Waals surface area (Å²) < 4.78 is 5.76. The highest BCUT2D eigenvalue weighted by Crippen LogP contribution is 2.18. The summed E-state index contributed by atoms with van der Waals surface area (Å²) in [5.74, 6) is 0. The van der Waals surface area contributed by atoms with Crippen LogP contribution in [-0.2, 0) is 11.3 Å². The molecule has 1 N–H and O–H groups in total. The molecule has 0 radical (unpaired) electrons. The normalized spacial score (nSPS) is 22.0. The van der Waals surface area contributed by atoms with Gasteiger partial charge in [-0.05, 0) is 45.6 Å². The van der Waals surface area contributed by atoms with E-state index in [-0.39, 0.29) is 0 Å². The third-order valence-electron chi connectivity index (χ3n) is 6.15. The fourth-order valence-electron chi connectivity index (χ4n) is 4.25. The second-order valence-corrected chi connectivity index (χ2v) is 8.39. The average Bonchev–Trinajstić information content (AvgIpc) is 2.72. The number of likely N-dealkylation sites (tertiary alicyclic amines) is 1. The molecule has 2 aliphatic rings. The Morgan fingerprint density at radius 3 is 2.43 bits per heavy atom. The molecule has 6 nitrogen and oxygen atoms in total. The van der Waals surface area contributed by atoms with E-state index in [2.05, 4.69) is 58.0 Å². The van der Waals surface area contributed by atoms with Crippen LogP contribution in [0.15, 0.2) is 30.3 Å². The van der Waals surface area contributed by atoms with E-state index in [0.29, 0.717) is 13.2 Å².